The molecule has 0 amide bonds. The van der Waals surface area contributed by atoms with Crippen molar-refractivity contribution in [1.82, 2.24) is 0 Å². The predicted octanol–water partition coefficient (Wildman–Crippen LogP) is 4.86. The highest BCUT2D eigenvalue weighted by atomic mass is 16.5. The van der Waals surface area contributed by atoms with Crippen molar-refractivity contribution in [2.45, 2.75) is 0 Å². The quantitative estimate of drug-likeness (QED) is 0.397. The van der Waals surface area contributed by atoms with Gasteiger partial charge in [0.25, 0.3) is 0 Å². The Hall–Kier alpha value is -2.74. The SMILES string of the molecule is COc1c(O)ccc2cc3ccc4ccccc4c3cc12. The average Bonchev–Trinajstić information content (AvgIpc) is 2.53. The number of aromatic hydroxyl groups is 1. The molecule has 102 valence electrons. The molecule has 0 unspecified atom stereocenters. The fourth-order valence-electron chi connectivity index (χ4n) is 3.00. The Morgan fingerprint density at radius 3 is 2.29 bits per heavy atom. The van der Waals surface area contributed by atoms with Crippen LogP contribution in [0, 0.1) is 0 Å². The highest BCUT2D eigenvalue weighted by Crippen LogP contribution is 2.38. The lowest BCUT2D eigenvalue weighted by Gasteiger charge is -2.10. The first-order valence-corrected chi connectivity index (χ1v) is 6.89. The third-order valence-corrected chi connectivity index (χ3v) is 4.02. The van der Waals surface area contributed by atoms with Gasteiger partial charge in [0.05, 0.1) is 7.11 Å². The van der Waals surface area contributed by atoms with Gasteiger partial charge in [-0.1, -0.05) is 42.5 Å². The molecule has 0 spiro atoms. The number of benzene rings is 4. The fourth-order valence-corrected chi connectivity index (χ4v) is 3.00. The molecule has 0 saturated heterocycles. The van der Waals surface area contributed by atoms with Crippen LogP contribution in [0.5, 0.6) is 11.5 Å². The minimum atomic E-state index is 0.171. The molecule has 1 N–H and O–H groups in total. The van der Waals surface area contributed by atoms with E-state index >= 15 is 0 Å². The van der Waals surface area contributed by atoms with Crippen molar-refractivity contribution in [3.05, 3.63) is 60.7 Å². The second-order valence-corrected chi connectivity index (χ2v) is 5.20. The van der Waals surface area contributed by atoms with E-state index in [9.17, 15) is 5.11 Å². The molecule has 0 bridgehead atoms. The summed E-state index contributed by atoms with van der Waals surface area (Å²) in [6.07, 6.45) is 0. The van der Waals surface area contributed by atoms with Crippen molar-refractivity contribution < 1.29 is 9.84 Å². The van der Waals surface area contributed by atoms with Gasteiger partial charge in [-0.25, -0.2) is 0 Å². The van der Waals surface area contributed by atoms with Gasteiger partial charge < -0.3 is 9.84 Å². The summed E-state index contributed by atoms with van der Waals surface area (Å²) in [6, 6.07) is 20.4. The molecular formula is C19H14O2. The van der Waals surface area contributed by atoms with Crippen molar-refractivity contribution in [2.24, 2.45) is 0 Å². The van der Waals surface area contributed by atoms with Gasteiger partial charge in [-0.2, -0.15) is 0 Å². The Labute approximate surface area is 122 Å². The van der Waals surface area contributed by atoms with E-state index < -0.39 is 0 Å². The number of hydrogen-bond acceptors (Lipinski definition) is 2. The molecule has 4 aromatic carbocycles. The van der Waals surface area contributed by atoms with Crippen LogP contribution in [0.4, 0.5) is 0 Å². The third kappa shape index (κ3) is 1.73. The highest BCUT2D eigenvalue weighted by molar-refractivity contribution is 6.13. The second kappa shape index (κ2) is 4.38. The first-order chi connectivity index (χ1) is 10.3. The first-order valence-electron chi connectivity index (χ1n) is 6.89. The maximum atomic E-state index is 9.97. The standard InChI is InChI=1S/C19H14O2/c1-21-19-17-11-16-13(10-14(17)8-9-18(19)20)7-6-12-4-2-3-5-15(12)16/h2-11,20H,1H3. The smallest absolute Gasteiger partial charge is 0.168 e. The predicted molar refractivity (Wildman–Crippen MR) is 87.2 cm³/mol. The molecule has 0 radical (unpaired) electrons. The fraction of sp³-hybridized carbons (Fsp3) is 0.0526. The number of phenolic OH excluding ortho intramolecular Hbond substituents is 1. The van der Waals surface area contributed by atoms with Gasteiger partial charge in [0, 0.05) is 5.39 Å². The van der Waals surface area contributed by atoms with Crippen LogP contribution in [-0.2, 0) is 0 Å². The molecule has 0 aliphatic carbocycles. The van der Waals surface area contributed by atoms with Gasteiger partial charge in [-0.3, -0.25) is 0 Å². The summed E-state index contributed by atoms with van der Waals surface area (Å²) in [4.78, 5) is 0. The topological polar surface area (TPSA) is 29.5 Å². The van der Waals surface area contributed by atoms with Gasteiger partial charge in [0.15, 0.2) is 11.5 Å². The molecule has 0 aliphatic heterocycles. The minimum Gasteiger partial charge on any atom is -0.504 e. The van der Waals surface area contributed by atoms with Crippen molar-refractivity contribution in [1.29, 1.82) is 0 Å². The van der Waals surface area contributed by atoms with Crippen molar-refractivity contribution in [2.75, 3.05) is 7.11 Å². The molecule has 0 saturated carbocycles. The number of phenols is 1. The zero-order chi connectivity index (χ0) is 14.4. The Balaban J connectivity index is 2.23. The van der Waals surface area contributed by atoms with E-state index in [2.05, 4.69) is 36.4 Å². The molecule has 21 heavy (non-hydrogen) atoms. The average molecular weight is 274 g/mol. The largest absolute Gasteiger partial charge is 0.504 e. The summed E-state index contributed by atoms with van der Waals surface area (Å²) in [5, 5.41) is 16.7. The molecule has 0 aromatic heterocycles. The molecule has 0 aliphatic rings. The lowest BCUT2D eigenvalue weighted by Crippen LogP contribution is -1.87. The van der Waals surface area contributed by atoms with Crippen LogP contribution in [0.1, 0.15) is 0 Å². The van der Waals surface area contributed by atoms with E-state index in [1.165, 1.54) is 21.5 Å². The molecule has 4 aromatic rings. The van der Waals surface area contributed by atoms with E-state index in [0.29, 0.717) is 5.75 Å². The van der Waals surface area contributed by atoms with Crippen LogP contribution < -0.4 is 4.74 Å². The molecule has 4 rings (SSSR count). The Morgan fingerprint density at radius 1 is 0.714 bits per heavy atom. The Bertz CT molecular complexity index is 987. The van der Waals surface area contributed by atoms with Crippen molar-refractivity contribution in [3.8, 4) is 11.5 Å². The molecular weight excluding hydrogens is 260 g/mol. The monoisotopic (exact) mass is 274 g/mol. The molecule has 0 atom stereocenters. The molecule has 0 fully saturated rings. The normalized spacial score (nSPS) is 11.3. The molecule has 2 heteroatoms. The number of hydrogen-bond donors (Lipinski definition) is 1. The van der Waals surface area contributed by atoms with Crippen LogP contribution in [0.2, 0.25) is 0 Å². The summed E-state index contributed by atoms with van der Waals surface area (Å²) < 4.78 is 5.37. The van der Waals surface area contributed by atoms with Gasteiger partial charge in [0.2, 0.25) is 0 Å². The summed E-state index contributed by atoms with van der Waals surface area (Å²) in [7, 11) is 1.59. The van der Waals surface area contributed by atoms with Gasteiger partial charge in [0.1, 0.15) is 0 Å². The number of methoxy groups -OCH3 is 1. The zero-order valence-corrected chi connectivity index (χ0v) is 11.6. The maximum absolute atomic E-state index is 9.97. The summed E-state index contributed by atoms with van der Waals surface area (Å²) in [5.41, 5.74) is 0. The van der Waals surface area contributed by atoms with E-state index in [1.807, 2.05) is 18.2 Å². The highest BCUT2D eigenvalue weighted by Gasteiger charge is 2.09. The van der Waals surface area contributed by atoms with E-state index in [1.54, 1.807) is 13.2 Å². The summed E-state index contributed by atoms with van der Waals surface area (Å²) in [5.74, 6) is 0.701. The van der Waals surface area contributed by atoms with E-state index in [0.717, 1.165) is 10.8 Å². The van der Waals surface area contributed by atoms with Crippen molar-refractivity contribution in [3.63, 3.8) is 0 Å². The first kappa shape index (κ1) is 12.0. The zero-order valence-electron chi connectivity index (χ0n) is 11.6. The molecule has 0 heterocycles. The van der Waals surface area contributed by atoms with Gasteiger partial charge >= 0.3 is 0 Å². The van der Waals surface area contributed by atoms with Crippen LogP contribution >= 0.6 is 0 Å². The summed E-state index contributed by atoms with van der Waals surface area (Å²) >= 11 is 0. The number of fused-ring (bicyclic) bond motifs is 4. The second-order valence-electron chi connectivity index (χ2n) is 5.20. The third-order valence-electron chi connectivity index (χ3n) is 4.02. The molecule has 2 nitrogen and oxygen atoms in total. The lowest BCUT2D eigenvalue weighted by molar-refractivity contribution is 0.378. The van der Waals surface area contributed by atoms with E-state index in [4.69, 9.17) is 4.74 Å². The minimum absolute atomic E-state index is 0.171. The van der Waals surface area contributed by atoms with Crippen LogP contribution in [0.25, 0.3) is 32.3 Å². The number of ether oxygens (including phenoxy) is 1. The van der Waals surface area contributed by atoms with Crippen molar-refractivity contribution >= 4 is 32.3 Å². The van der Waals surface area contributed by atoms with Crippen LogP contribution in [0.15, 0.2) is 60.7 Å². The van der Waals surface area contributed by atoms with Crippen LogP contribution in [-0.4, -0.2) is 12.2 Å². The Morgan fingerprint density at radius 2 is 1.43 bits per heavy atom. The lowest BCUT2D eigenvalue weighted by atomic mass is 9.98. The van der Waals surface area contributed by atoms with Gasteiger partial charge in [-0.05, 0) is 45.1 Å². The Kier molecular flexibility index (Phi) is 2.51. The summed E-state index contributed by atoms with van der Waals surface area (Å²) in [6.45, 7) is 0. The maximum Gasteiger partial charge on any atom is 0.168 e. The number of rotatable bonds is 1. The van der Waals surface area contributed by atoms with Crippen LogP contribution in [0.3, 0.4) is 0 Å². The van der Waals surface area contributed by atoms with E-state index in [-0.39, 0.29) is 5.75 Å². The van der Waals surface area contributed by atoms with Gasteiger partial charge in [-0.15, -0.1) is 0 Å².